The first-order chi connectivity index (χ1) is 9.19. The van der Waals surface area contributed by atoms with Gasteiger partial charge in [0, 0.05) is 24.5 Å². The number of carbonyl (C=O) groups excluding carboxylic acids is 1. The summed E-state index contributed by atoms with van der Waals surface area (Å²) in [5, 5.41) is 4.12. The van der Waals surface area contributed by atoms with Crippen LogP contribution in [-0.2, 0) is 11.3 Å². The first kappa shape index (κ1) is 12.9. The molecule has 1 spiro atoms. The average molecular weight is 279 g/mol. The maximum absolute atomic E-state index is 12.2. The van der Waals surface area contributed by atoms with Gasteiger partial charge in [0.25, 0.3) is 0 Å². The molecule has 2 heterocycles. The Bertz CT molecular complexity index is 483. The Balaban J connectivity index is 1.72. The van der Waals surface area contributed by atoms with E-state index in [9.17, 15) is 4.79 Å². The van der Waals surface area contributed by atoms with Crippen LogP contribution >= 0.6 is 11.6 Å². The van der Waals surface area contributed by atoms with Crippen molar-refractivity contribution in [1.29, 1.82) is 0 Å². The Morgan fingerprint density at radius 2 is 2.00 bits per heavy atom. The van der Waals surface area contributed by atoms with Gasteiger partial charge in [-0.3, -0.25) is 4.79 Å². The average Bonchev–Trinajstić information content (AvgIpc) is 2.69. The number of hydrogen-bond acceptors (Lipinski definition) is 2. The Kier molecular flexibility index (Phi) is 3.50. The highest BCUT2D eigenvalue weighted by Gasteiger charge is 2.43. The summed E-state index contributed by atoms with van der Waals surface area (Å²) in [5.41, 5.74) is 1.26. The highest BCUT2D eigenvalue weighted by molar-refractivity contribution is 6.31. The Labute approximate surface area is 118 Å². The van der Waals surface area contributed by atoms with E-state index in [-0.39, 0.29) is 11.3 Å². The molecule has 1 aromatic carbocycles. The van der Waals surface area contributed by atoms with E-state index in [1.807, 2.05) is 29.2 Å². The van der Waals surface area contributed by atoms with Crippen LogP contribution in [0.4, 0.5) is 0 Å². The van der Waals surface area contributed by atoms with Gasteiger partial charge >= 0.3 is 0 Å². The predicted molar refractivity (Wildman–Crippen MR) is 76.0 cm³/mol. The zero-order chi connectivity index (χ0) is 13.3. The number of nitrogens with one attached hydrogen (secondary N) is 1. The summed E-state index contributed by atoms with van der Waals surface area (Å²) in [4.78, 5) is 14.2. The van der Waals surface area contributed by atoms with Crippen LogP contribution in [0.15, 0.2) is 24.3 Å². The van der Waals surface area contributed by atoms with E-state index < -0.39 is 0 Å². The van der Waals surface area contributed by atoms with Gasteiger partial charge in [0.05, 0.1) is 0 Å². The lowest BCUT2D eigenvalue weighted by molar-refractivity contribution is -0.128. The molecule has 2 fully saturated rings. The maximum atomic E-state index is 12.2. The molecule has 19 heavy (non-hydrogen) atoms. The number of benzene rings is 1. The van der Waals surface area contributed by atoms with Gasteiger partial charge in [-0.15, -0.1) is 0 Å². The molecule has 3 nitrogen and oxygen atoms in total. The Hall–Kier alpha value is -1.06. The van der Waals surface area contributed by atoms with E-state index in [1.54, 1.807) is 0 Å². The van der Waals surface area contributed by atoms with Gasteiger partial charge in [-0.1, -0.05) is 29.8 Å². The first-order valence-electron chi connectivity index (χ1n) is 6.90. The largest absolute Gasteiger partial charge is 0.338 e. The number of likely N-dealkylation sites (tertiary alicyclic amines) is 1. The fraction of sp³-hybridized carbons (Fsp3) is 0.533. The van der Waals surface area contributed by atoms with Crippen LogP contribution in [0.2, 0.25) is 5.02 Å². The summed E-state index contributed by atoms with van der Waals surface area (Å²) in [7, 11) is 0. The molecule has 1 N–H and O–H groups in total. The lowest BCUT2D eigenvalue weighted by Gasteiger charge is -2.33. The number of halogens is 1. The molecular formula is C15H19ClN2O. The first-order valence-corrected chi connectivity index (χ1v) is 7.28. The van der Waals surface area contributed by atoms with Crippen LogP contribution in [-0.4, -0.2) is 30.4 Å². The minimum Gasteiger partial charge on any atom is -0.338 e. The third kappa shape index (κ3) is 2.63. The minimum atomic E-state index is 0.212. The lowest BCUT2D eigenvalue weighted by Crippen LogP contribution is -2.38. The summed E-state index contributed by atoms with van der Waals surface area (Å²) in [6.45, 7) is 3.60. The second kappa shape index (κ2) is 5.14. The summed E-state index contributed by atoms with van der Waals surface area (Å²) in [6, 6.07) is 7.79. The molecule has 3 rings (SSSR count). The van der Waals surface area contributed by atoms with E-state index >= 15 is 0 Å². The van der Waals surface area contributed by atoms with E-state index in [0.29, 0.717) is 13.0 Å². The van der Waals surface area contributed by atoms with Crippen LogP contribution in [0.3, 0.4) is 0 Å². The van der Waals surface area contributed by atoms with Crippen molar-refractivity contribution in [3.05, 3.63) is 34.9 Å². The van der Waals surface area contributed by atoms with E-state index in [0.717, 1.165) is 43.1 Å². The van der Waals surface area contributed by atoms with Crippen molar-refractivity contribution in [2.75, 3.05) is 19.6 Å². The number of carbonyl (C=O) groups is 1. The smallest absolute Gasteiger partial charge is 0.223 e. The molecule has 0 saturated carbocycles. The zero-order valence-electron chi connectivity index (χ0n) is 11.0. The van der Waals surface area contributed by atoms with Crippen molar-refractivity contribution in [2.24, 2.45) is 5.41 Å². The third-order valence-electron chi connectivity index (χ3n) is 4.39. The molecule has 2 aliphatic heterocycles. The fourth-order valence-electron chi connectivity index (χ4n) is 3.25. The zero-order valence-corrected chi connectivity index (χ0v) is 11.7. The molecule has 0 radical (unpaired) electrons. The molecular weight excluding hydrogens is 260 g/mol. The summed E-state index contributed by atoms with van der Waals surface area (Å²) < 4.78 is 0. The van der Waals surface area contributed by atoms with Crippen molar-refractivity contribution < 1.29 is 4.79 Å². The van der Waals surface area contributed by atoms with Crippen molar-refractivity contribution in [3.8, 4) is 0 Å². The number of hydrogen-bond donors (Lipinski definition) is 1. The van der Waals surface area contributed by atoms with Crippen molar-refractivity contribution >= 4 is 17.5 Å². The molecule has 0 aromatic heterocycles. The van der Waals surface area contributed by atoms with Crippen LogP contribution in [0, 0.1) is 5.41 Å². The topological polar surface area (TPSA) is 32.3 Å². The van der Waals surface area contributed by atoms with Gasteiger partial charge in [0.15, 0.2) is 0 Å². The molecule has 0 unspecified atom stereocenters. The number of rotatable bonds is 2. The van der Waals surface area contributed by atoms with Gasteiger partial charge in [-0.2, -0.15) is 0 Å². The molecule has 0 atom stereocenters. The molecule has 2 saturated heterocycles. The van der Waals surface area contributed by atoms with Crippen molar-refractivity contribution in [2.45, 2.75) is 25.8 Å². The molecule has 4 heteroatoms. The standard InChI is InChI=1S/C15H19ClN2O/c16-13-4-2-1-3-12(13)10-18-11-15(9-14(18)19)5-7-17-8-6-15/h1-4,17H,5-11H2. The highest BCUT2D eigenvalue weighted by atomic mass is 35.5. The second-order valence-corrected chi connectivity index (χ2v) is 6.18. The van der Waals surface area contributed by atoms with E-state index in [1.165, 1.54) is 0 Å². The normalized spacial score (nSPS) is 22.2. The SMILES string of the molecule is O=C1CC2(CCNCC2)CN1Cc1ccccc1Cl. The summed E-state index contributed by atoms with van der Waals surface area (Å²) in [6.07, 6.45) is 2.93. The van der Waals surface area contributed by atoms with Crippen LogP contribution < -0.4 is 5.32 Å². The monoisotopic (exact) mass is 278 g/mol. The van der Waals surface area contributed by atoms with Gasteiger partial charge in [-0.05, 0) is 43.0 Å². The van der Waals surface area contributed by atoms with Crippen LogP contribution in [0.1, 0.15) is 24.8 Å². The lowest BCUT2D eigenvalue weighted by atomic mass is 9.78. The molecule has 1 amide bonds. The quantitative estimate of drug-likeness (QED) is 0.901. The minimum absolute atomic E-state index is 0.212. The second-order valence-electron chi connectivity index (χ2n) is 5.77. The predicted octanol–water partition coefficient (Wildman–Crippen LogP) is 2.44. The van der Waals surface area contributed by atoms with Crippen molar-refractivity contribution in [1.82, 2.24) is 10.2 Å². The highest BCUT2D eigenvalue weighted by Crippen LogP contribution is 2.40. The Morgan fingerprint density at radius 3 is 2.74 bits per heavy atom. The maximum Gasteiger partial charge on any atom is 0.223 e. The van der Waals surface area contributed by atoms with Crippen molar-refractivity contribution in [3.63, 3.8) is 0 Å². The molecule has 1 aromatic rings. The number of amides is 1. The number of nitrogens with zero attached hydrogens (tertiary/aromatic N) is 1. The molecule has 0 bridgehead atoms. The number of piperidine rings is 1. The van der Waals surface area contributed by atoms with Gasteiger partial charge in [0.2, 0.25) is 5.91 Å². The van der Waals surface area contributed by atoms with E-state index in [2.05, 4.69) is 5.32 Å². The van der Waals surface area contributed by atoms with E-state index in [4.69, 9.17) is 11.6 Å². The third-order valence-corrected chi connectivity index (χ3v) is 4.76. The van der Waals surface area contributed by atoms with Gasteiger partial charge in [0.1, 0.15) is 0 Å². The molecule has 0 aliphatic carbocycles. The molecule has 2 aliphatic rings. The van der Waals surface area contributed by atoms with Gasteiger partial charge in [-0.25, -0.2) is 0 Å². The summed E-state index contributed by atoms with van der Waals surface area (Å²) >= 11 is 6.18. The summed E-state index contributed by atoms with van der Waals surface area (Å²) in [5.74, 6) is 0.279. The fourth-order valence-corrected chi connectivity index (χ4v) is 3.45. The van der Waals surface area contributed by atoms with Crippen LogP contribution in [0.5, 0.6) is 0 Å². The van der Waals surface area contributed by atoms with Gasteiger partial charge < -0.3 is 10.2 Å². The van der Waals surface area contributed by atoms with Crippen LogP contribution in [0.25, 0.3) is 0 Å². The molecule has 102 valence electrons. The Morgan fingerprint density at radius 1 is 1.26 bits per heavy atom.